The Morgan fingerprint density at radius 3 is 2.67 bits per heavy atom. The molecule has 7 heteroatoms. The molecule has 36 heavy (non-hydrogen) atoms. The van der Waals surface area contributed by atoms with Gasteiger partial charge in [-0.1, -0.05) is 38.1 Å². The first kappa shape index (κ1) is 23.9. The number of benzene rings is 2. The fraction of sp³-hybridized carbons (Fsp3) is 0.345. The molecule has 5 rings (SSSR count). The zero-order valence-corrected chi connectivity index (χ0v) is 20.9. The highest BCUT2D eigenvalue weighted by Crippen LogP contribution is 2.41. The molecule has 1 fully saturated rings. The van der Waals surface area contributed by atoms with Gasteiger partial charge >= 0.3 is 0 Å². The topological polar surface area (TPSA) is 86.5 Å². The van der Waals surface area contributed by atoms with Crippen molar-refractivity contribution in [1.29, 1.82) is 0 Å². The highest BCUT2D eigenvalue weighted by Gasteiger charge is 2.46. The van der Waals surface area contributed by atoms with Gasteiger partial charge in [-0.25, -0.2) is 4.57 Å². The van der Waals surface area contributed by atoms with E-state index in [1.54, 1.807) is 11.0 Å². The zero-order valence-electron chi connectivity index (χ0n) is 20.9. The van der Waals surface area contributed by atoms with E-state index < -0.39 is 17.7 Å². The average molecular weight is 487 g/mol. The van der Waals surface area contributed by atoms with Gasteiger partial charge in [0.15, 0.2) is 0 Å². The van der Waals surface area contributed by atoms with Crippen molar-refractivity contribution in [1.82, 2.24) is 9.88 Å². The number of nitrogens with one attached hydrogen (secondary N) is 1. The van der Waals surface area contributed by atoms with E-state index in [0.29, 0.717) is 31.0 Å². The van der Waals surface area contributed by atoms with Crippen molar-refractivity contribution in [2.75, 3.05) is 6.54 Å². The summed E-state index contributed by atoms with van der Waals surface area (Å²) in [7, 11) is 0. The summed E-state index contributed by atoms with van der Waals surface area (Å²) in [6.45, 7) is 7.34. The van der Waals surface area contributed by atoms with Crippen LogP contribution in [0.25, 0.3) is 5.76 Å². The number of likely N-dealkylation sites (tertiary alicyclic amines) is 1. The highest BCUT2D eigenvalue weighted by atomic mass is 16.5. The molecular formula is C29H32N3O4+. The van der Waals surface area contributed by atoms with Gasteiger partial charge in [0.1, 0.15) is 30.0 Å². The molecule has 3 aromatic rings. The summed E-state index contributed by atoms with van der Waals surface area (Å²) in [5.41, 5.74) is 3.64. The number of nitrogens with zero attached hydrogens (tertiary/aromatic N) is 2. The van der Waals surface area contributed by atoms with Gasteiger partial charge < -0.3 is 14.7 Å². The van der Waals surface area contributed by atoms with Crippen LogP contribution in [0.5, 0.6) is 5.75 Å². The molecule has 2 aliphatic heterocycles. The Labute approximate surface area is 211 Å². The summed E-state index contributed by atoms with van der Waals surface area (Å²) in [5.74, 6) is -0.213. The lowest BCUT2D eigenvalue weighted by Crippen LogP contribution is -2.36. The van der Waals surface area contributed by atoms with Crippen molar-refractivity contribution in [2.45, 2.75) is 58.2 Å². The Balaban J connectivity index is 1.53. The molecule has 1 saturated heterocycles. The largest absolute Gasteiger partial charge is 0.507 e. The molecule has 7 nitrogen and oxygen atoms in total. The molecule has 0 radical (unpaired) electrons. The van der Waals surface area contributed by atoms with Gasteiger partial charge in [-0.15, -0.1) is 0 Å². The third-order valence-corrected chi connectivity index (χ3v) is 7.05. The number of aromatic nitrogens is 2. The predicted octanol–water partition coefficient (Wildman–Crippen LogP) is 4.26. The number of amides is 1. The number of fused-ring (bicyclic) bond motifs is 1. The van der Waals surface area contributed by atoms with Crippen molar-refractivity contribution in [3.63, 3.8) is 0 Å². The lowest BCUT2D eigenvalue weighted by molar-refractivity contribution is -0.695. The molecule has 0 spiro atoms. The van der Waals surface area contributed by atoms with E-state index in [-0.39, 0.29) is 17.4 Å². The Morgan fingerprint density at radius 1 is 1.19 bits per heavy atom. The third-order valence-electron chi connectivity index (χ3n) is 7.05. The van der Waals surface area contributed by atoms with Gasteiger partial charge in [0.2, 0.25) is 6.33 Å². The van der Waals surface area contributed by atoms with Crippen molar-refractivity contribution >= 4 is 17.4 Å². The van der Waals surface area contributed by atoms with Crippen LogP contribution in [0.2, 0.25) is 0 Å². The number of carbonyl (C=O) groups excluding carboxylic acids is 2. The number of hydrogen-bond acceptors (Lipinski definition) is 4. The van der Waals surface area contributed by atoms with Crippen LogP contribution in [0.1, 0.15) is 61.4 Å². The molecule has 2 unspecified atom stereocenters. The summed E-state index contributed by atoms with van der Waals surface area (Å²) in [6, 6.07) is 12.8. The van der Waals surface area contributed by atoms with Gasteiger partial charge in [0.05, 0.1) is 18.2 Å². The Bertz CT molecular complexity index is 1310. The smallest absolute Gasteiger partial charge is 0.295 e. The van der Waals surface area contributed by atoms with E-state index in [1.165, 1.54) is 5.56 Å². The molecule has 3 heterocycles. The lowest BCUT2D eigenvalue weighted by Gasteiger charge is -2.25. The summed E-state index contributed by atoms with van der Waals surface area (Å²) in [4.78, 5) is 31.2. The Hall–Kier alpha value is -3.87. The maximum atomic E-state index is 13.3. The number of aryl methyl sites for hydroxylation is 1. The number of H-pyrrole nitrogens is 1. The predicted molar refractivity (Wildman–Crippen MR) is 135 cm³/mol. The maximum absolute atomic E-state index is 13.3. The van der Waals surface area contributed by atoms with E-state index in [2.05, 4.69) is 18.8 Å². The second-order valence-electron chi connectivity index (χ2n) is 9.97. The number of aliphatic hydroxyl groups excluding tert-OH is 1. The molecule has 0 saturated carbocycles. The fourth-order valence-corrected chi connectivity index (χ4v) is 5.13. The molecule has 1 aromatic heterocycles. The SMILES string of the molecule is CC1Cc2cc(C(O)=C3C(=O)C(=O)N(CCC[n+]4cc[nH]c4)C3c3ccc(C(C)C)cc3)ccc2O1. The number of carbonyl (C=O) groups is 2. The highest BCUT2D eigenvalue weighted by molar-refractivity contribution is 6.46. The molecule has 2 aliphatic rings. The number of aromatic amines is 1. The van der Waals surface area contributed by atoms with Crippen LogP contribution >= 0.6 is 0 Å². The first-order chi connectivity index (χ1) is 17.3. The molecule has 0 aliphatic carbocycles. The van der Waals surface area contributed by atoms with E-state index in [1.807, 2.05) is 66.6 Å². The Morgan fingerprint density at radius 2 is 1.97 bits per heavy atom. The van der Waals surface area contributed by atoms with Gasteiger partial charge in [0, 0.05) is 24.9 Å². The number of imidazole rings is 1. The summed E-state index contributed by atoms with van der Waals surface area (Å²) in [5, 5.41) is 11.4. The second kappa shape index (κ2) is 9.64. The molecule has 0 bridgehead atoms. The van der Waals surface area contributed by atoms with Gasteiger partial charge in [-0.2, -0.15) is 0 Å². The molecule has 2 N–H and O–H groups in total. The van der Waals surface area contributed by atoms with Crippen LogP contribution in [-0.4, -0.2) is 39.3 Å². The van der Waals surface area contributed by atoms with Gasteiger partial charge in [0.25, 0.3) is 11.7 Å². The fourth-order valence-electron chi connectivity index (χ4n) is 5.13. The van der Waals surface area contributed by atoms with Crippen molar-refractivity contribution in [2.24, 2.45) is 0 Å². The maximum Gasteiger partial charge on any atom is 0.295 e. The van der Waals surface area contributed by atoms with Gasteiger partial charge in [-0.05, 0) is 47.7 Å². The average Bonchev–Trinajstić information content (AvgIpc) is 3.57. The molecule has 2 aromatic carbocycles. The number of rotatable bonds is 7. The third kappa shape index (κ3) is 4.41. The molecule has 186 valence electrons. The van der Waals surface area contributed by atoms with Crippen LogP contribution in [0, 0.1) is 0 Å². The zero-order chi connectivity index (χ0) is 25.4. The van der Waals surface area contributed by atoms with Gasteiger partial charge in [-0.3, -0.25) is 14.6 Å². The monoisotopic (exact) mass is 486 g/mol. The minimum absolute atomic E-state index is 0.0698. The minimum atomic E-state index is -0.648. The number of ketones is 1. The minimum Gasteiger partial charge on any atom is -0.507 e. The van der Waals surface area contributed by atoms with Crippen LogP contribution in [0.3, 0.4) is 0 Å². The van der Waals surface area contributed by atoms with E-state index in [0.717, 1.165) is 23.3 Å². The van der Waals surface area contributed by atoms with E-state index in [4.69, 9.17) is 4.74 Å². The van der Waals surface area contributed by atoms with Crippen LogP contribution in [0.4, 0.5) is 0 Å². The molecular weight excluding hydrogens is 454 g/mol. The van der Waals surface area contributed by atoms with E-state index >= 15 is 0 Å². The van der Waals surface area contributed by atoms with Crippen molar-refractivity contribution in [3.05, 3.63) is 89.0 Å². The van der Waals surface area contributed by atoms with Crippen LogP contribution < -0.4 is 9.30 Å². The normalized spacial score (nSPS) is 20.7. The number of ether oxygens (including phenoxy) is 1. The number of hydrogen-bond donors (Lipinski definition) is 2. The van der Waals surface area contributed by atoms with Crippen molar-refractivity contribution < 1.29 is 24.0 Å². The molecule has 2 atom stereocenters. The second-order valence-corrected chi connectivity index (χ2v) is 9.97. The standard InChI is InChI=1S/C29H31N3O4/c1-18(2)20-5-7-21(8-6-20)26-25(27(33)22-9-10-24-23(16-22)15-19(3)36-24)28(34)29(35)32(26)13-4-12-31-14-11-30-17-31/h5-11,14,16-19,26H,4,12-13,15H2,1-3H3,(H,33,34)/p+1. The quantitative estimate of drug-likeness (QED) is 0.226. The first-order valence-electron chi connectivity index (χ1n) is 12.5. The summed E-state index contributed by atoms with van der Waals surface area (Å²) < 4.78 is 7.78. The number of aliphatic hydroxyl groups is 1. The summed E-state index contributed by atoms with van der Waals surface area (Å²) in [6.07, 6.45) is 7.10. The lowest BCUT2D eigenvalue weighted by atomic mass is 9.92. The Kier molecular flexibility index (Phi) is 6.39. The van der Waals surface area contributed by atoms with Crippen molar-refractivity contribution in [3.8, 4) is 5.75 Å². The number of Topliss-reactive ketones (excluding diaryl/α,β-unsaturated/α-hetero) is 1. The summed E-state index contributed by atoms with van der Waals surface area (Å²) >= 11 is 0. The van der Waals surface area contributed by atoms with Crippen LogP contribution in [0.15, 0.2) is 66.8 Å². The molecule has 1 amide bonds. The van der Waals surface area contributed by atoms with E-state index in [9.17, 15) is 14.7 Å². The van der Waals surface area contributed by atoms with Crippen LogP contribution in [-0.2, 0) is 22.6 Å². The first-order valence-corrected chi connectivity index (χ1v) is 12.5.